The molecule has 33 heavy (non-hydrogen) atoms. The summed E-state index contributed by atoms with van der Waals surface area (Å²) in [6.45, 7) is 0.469. The fraction of sp³-hybridized carbons (Fsp3) is 0.458. The van der Waals surface area contributed by atoms with Gasteiger partial charge in [-0.3, -0.25) is 0 Å². The lowest BCUT2D eigenvalue weighted by Crippen LogP contribution is -2.56. The van der Waals surface area contributed by atoms with Gasteiger partial charge in [-0.15, -0.1) is 4.55 Å². The molecule has 0 aromatic heterocycles. The van der Waals surface area contributed by atoms with Gasteiger partial charge in [-0.05, 0) is 48.1 Å². The third-order valence-corrected chi connectivity index (χ3v) is 6.55. The number of ether oxygens (including phenoxy) is 1. The molecule has 3 atom stereocenters. The number of carbonyl (C=O) groups is 1. The Bertz CT molecular complexity index is 968. The Labute approximate surface area is 195 Å². The lowest BCUT2D eigenvalue weighted by molar-refractivity contribution is -0.149. The third-order valence-electron chi connectivity index (χ3n) is 6.12. The molecule has 1 heterocycles. The number of nitrogens with zero attached hydrogens (tertiary/aromatic N) is 1. The zero-order chi connectivity index (χ0) is 23.6. The molecule has 3 N–H and O–H groups in total. The molecule has 2 aromatic rings. The molecule has 2 aromatic carbocycles. The second-order valence-electron chi connectivity index (χ2n) is 8.78. The van der Waals surface area contributed by atoms with E-state index in [1.165, 1.54) is 0 Å². The number of rotatable bonds is 6. The van der Waals surface area contributed by atoms with Gasteiger partial charge in [0.15, 0.2) is 12.0 Å². The first kappa shape index (κ1) is 23.8. The molecular weight excluding hydrogens is 450 g/mol. The minimum atomic E-state index is -2.75. The van der Waals surface area contributed by atoms with Crippen LogP contribution in [0.2, 0.25) is 0 Å². The standard InChI is InChI=1S/C24H29F2N2O4S/c1-33(30)32-19-11-16(10-18(13-19)17-6-3-2-4-7-17)12-22-21(27)8-5-9-28(22)23(29)31-20-14-24(25,26)15-20/h2-4,6-7,10-11,13,20-22,30H,5,8-9,12,14-15,27H2,1H3/q+1. The van der Waals surface area contributed by atoms with Gasteiger partial charge in [0.25, 0.3) is 5.92 Å². The van der Waals surface area contributed by atoms with E-state index in [0.29, 0.717) is 18.7 Å². The van der Waals surface area contributed by atoms with Crippen LogP contribution in [0, 0.1) is 0 Å². The molecule has 1 aliphatic carbocycles. The fourth-order valence-electron chi connectivity index (χ4n) is 4.48. The van der Waals surface area contributed by atoms with Crippen molar-refractivity contribution in [2.24, 2.45) is 5.73 Å². The summed E-state index contributed by atoms with van der Waals surface area (Å²) >= 11 is -1.25. The number of nitrogens with two attached hydrogens (primary N) is 1. The number of hydrogen-bond acceptors (Lipinski definition) is 5. The van der Waals surface area contributed by atoms with Crippen LogP contribution in [0.25, 0.3) is 11.1 Å². The summed E-state index contributed by atoms with van der Waals surface area (Å²) in [4.78, 5) is 14.4. The average molecular weight is 480 g/mol. The van der Waals surface area contributed by atoms with E-state index in [1.54, 1.807) is 11.2 Å². The van der Waals surface area contributed by atoms with E-state index in [9.17, 15) is 18.1 Å². The van der Waals surface area contributed by atoms with Gasteiger partial charge in [0, 0.05) is 25.4 Å². The maximum absolute atomic E-state index is 13.2. The Morgan fingerprint density at radius 2 is 1.94 bits per heavy atom. The van der Waals surface area contributed by atoms with E-state index in [1.807, 2.05) is 48.5 Å². The highest BCUT2D eigenvalue weighted by Crippen LogP contribution is 2.40. The van der Waals surface area contributed by atoms with Crippen molar-refractivity contribution < 1.29 is 27.0 Å². The number of likely N-dealkylation sites (tertiary alicyclic amines) is 1. The molecule has 9 heteroatoms. The zero-order valence-electron chi connectivity index (χ0n) is 18.5. The lowest BCUT2D eigenvalue weighted by atomic mass is 9.90. The van der Waals surface area contributed by atoms with E-state index in [4.69, 9.17) is 14.7 Å². The SMILES string of the molecule is C[S+](O)Oc1cc(CC2C(N)CCCN2C(=O)OC2CC(F)(F)C2)cc(-c2ccccc2)c1. The molecule has 1 saturated heterocycles. The molecule has 2 fully saturated rings. The third kappa shape index (κ3) is 5.96. The number of carbonyl (C=O) groups excluding carboxylic acids is 1. The van der Waals surface area contributed by atoms with Crippen molar-refractivity contribution in [1.29, 1.82) is 0 Å². The number of amides is 1. The van der Waals surface area contributed by atoms with Crippen molar-refractivity contribution in [3.8, 4) is 16.9 Å². The van der Waals surface area contributed by atoms with E-state index in [0.717, 1.165) is 29.5 Å². The zero-order valence-corrected chi connectivity index (χ0v) is 19.3. The molecule has 1 saturated carbocycles. The summed E-state index contributed by atoms with van der Waals surface area (Å²) in [5.41, 5.74) is 9.21. The first-order valence-electron chi connectivity index (χ1n) is 11.0. The molecule has 0 bridgehead atoms. The van der Waals surface area contributed by atoms with Crippen LogP contribution in [0.15, 0.2) is 48.5 Å². The van der Waals surface area contributed by atoms with E-state index in [2.05, 4.69) is 0 Å². The van der Waals surface area contributed by atoms with Crippen molar-refractivity contribution in [2.75, 3.05) is 12.8 Å². The van der Waals surface area contributed by atoms with Crippen LogP contribution >= 0.6 is 0 Å². The lowest BCUT2D eigenvalue weighted by Gasteiger charge is -2.41. The molecule has 4 rings (SSSR count). The van der Waals surface area contributed by atoms with Crippen LogP contribution in [0.1, 0.15) is 31.2 Å². The Balaban J connectivity index is 1.56. The van der Waals surface area contributed by atoms with Crippen molar-refractivity contribution >= 4 is 17.5 Å². The van der Waals surface area contributed by atoms with Crippen LogP contribution in [-0.2, 0) is 22.6 Å². The largest absolute Gasteiger partial charge is 0.446 e. The van der Waals surface area contributed by atoms with Gasteiger partial charge in [0.1, 0.15) is 6.10 Å². The molecule has 0 spiro atoms. The predicted molar refractivity (Wildman–Crippen MR) is 124 cm³/mol. The minimum absolute atomic E-state index is 0.266. The number of alkyl halides is 2. The number of hydrogen-bond donors (Lipinski definition) is 2. The van der Waals surface area contributed by atoms with E-state index >= 15 is 0 Å². The first-order chi connectivity index (χ1) is 15.7. The van der Waals surface area contributed by atoms with Gasteiger partial charge in [0.2, 0.25) is 0 Å². The summed E-state index contributed by atoms with van der Waals surface area (Å²) < 4.78 is 47.0. The normalized spacial score (nSPS) is 23.5. The number of benzene rings is 2. The van der Waals surface area contributed by atoms with Crippen LogP contribution in [-0.4, -0.2) is 52.5 Å². The second kappa shape index (κ2) is 9.87. The summed E-state index contributed by atoms with van der Waals surface area (Å²) in [6, 6.07) is 14.9. The molecule has 178 valence electrons. The van der Waals surface area contributed by atoms with Crippen LogP contribution in [0.4, 0.5) is 13.6 Å². The van der Waals surface area contributed by atoms with Gasteiger partial charge >= 0.3 is 17.5 Å². The van der Waals surface area contributed by atoms with Gasteiger partial charge in [0.05, 0.1) is 6.04 Å². The van der Waals surface area contributed by atoms with Gasteiger partial charge in [-0.2, -0.15) is 0 Å². The molecule has 6 nitrogen and oxygen atoms in total. The smallest absolute Gasteiger partial charge is 0.410 e. The highest BCUT2D eigenvalue weighted by atomic mass is 32.2. The van der Waals surface area contributed by atoms with Gasteiger partial charge in [-0.1, -0.05) is 36.4 Å². The molecule has 1 amide bonds. The molecule has 1 aliphatic heterocycles. The molecule has 0 radical (unpaired) electrons. The number of piperidine rings is 1. The Morgan fingerprint density at radius 1 is 1.21 bits per heavy atom. The fourth-order valence-corrected chi connectivity index (χ4v) is 4.85. The topological polar surface area (TPSA) is 85.0 Å². The van der Waals surface area contributed by atoms with Crippen molar-refractivity contribution in [1.82, 2.24) is 4.90 Å². The van der Waals surface area contributed by atoms with Crippen LogP contribution in [0.3, 0.4) is 0 Å². The Morgan fingerprint density at radius 3 is 2.61 bits per heavy atom. The van der Waals surface area contributed by atoms with Crippen LogP contribution in [0.5, 0.6) is 5.75 Å². The summed E-state index contributed by atoms with van der Waals surface area (Å²) in [6.07, 6.45) is 1.32. The Kier molecular flexibility index (Phi) is 7.11. The van der Waals surface area contributed by atoms with E-state index < -0.39 is 42.4 Å². The Hall–Kier alpha value is -2.36. The van der Waals surface area contributed by atoms with Crippen molar-refractivity contribution in [3.63, 3.8) is 0 Å². The summed E-state index contributed by atoms with van der Waals surface area (Å²) in [5.74, 6) is -2.23. The van der Waals surface area contributed by atoms with Crippen molar-refractivity contribution in [3.05, 3.63) is 54.1 Å². The maximum Gasteiger partial charge on any atom is 0.410 e. The minimum Gasteiger partial charge on any atom is -0.446 e. The van der Waals surface area contributed by atoms with Crippen LogP contribution < -0.4 is 9.92 Å². The van der Waals surface area contributed by atoms with E-state index in [-0.39, 0.29) is 12.1 Å². The molecule has 3 unspecified atom stereocenters. The monoisotopic (exact) mass is 479 g/mol. The second-order valence-corrected chi connectivity index (χ2v) is 9.79. The molecule has 2 aliphatic rings. The maximum atomic E-state index is 13.2. The highest BCUT2D eigenvalue weighted by molar-refractivity contribution is 7.86. The van der Waals surface area contributed by atoms with Gasteiger partial charge in [-0.25, -0.2) is 17.8 Å². The van der Waals surface area contributed by atoms with Crippen molar-refractivity contribution in [2.45, 2.75) is 56.2 Å². The number of halogens is 2. The highest BCUT2D eigenvalue weighted by Gasteiger charge is 2.48. The average Bonchev–Trinajstić information content (AvgIpc) is 2.74. The predicted octanol–water partition coefficient (Wildman–Crippen LogP) is 4.64. The first-order valence-corrected chi connectivity index (χ1v) is 12.5. The van der Waals surface area contributed by atoms with Gasteiger partial charge < -0.3 is 15.4 Å². The molecular formula is C24H29F2N2O4S+. The summed E-state index contributed by atoms with van der Waals surface area (Å²) in [7, 11) is 0. The quantitative estimate of drug-likeness (QED) is 0.590. The summed E-state index contributed by atoms with van der Waals surface area (Å²) in [5, 5.41) is 0.